The highest BCUT2D eigenvalue weighted by molar-refractivity contribution is 14.0. The highest BCUT2D eigenvalue weighted by Crippen LogP contribution is 2.17. The summed E-state index contributed by atoms with van der Waals surface area (Å²) in [5, 5.41) is 11.8. The maximum absolute atomic E-state index is 4.25. The lowest BCUT2D eigenvalue weighted by atomic mass is 10.2. The minimum Gasteiger partial charge on any atom is -0.354 e. The van der Waals surface area contributed by atoms with E-state index in [1.807, 2.05) is 0 Å². The predicted octanol–water partition coefficient (Wildman–Crippen LogP) is 2.69. The number of anilines is 1. The van der Waals surface area contributed by atoms with Gasteiger partial charge in [0.1, 0.15) is 5.82 Å². The first-order valence-electron chi connectivity index (χ1n) is 5.93. The molecule has 0 fully saturated rings. The van der Waals surface area contributed by atoms with Crippen molar-refractivity contribution in [3.63, 3.8) is 0 Å². The van der Waals surface area contributed by atoms with Gasteiger partial charge in [0.2, 0.25) is 5.95 Å². The zero-order valence-corrected chi connectivity index (χ0v) is 12.4. The normalized spacial score (nSPS) is 15.2. The van der Waals surface area contributed by atoms with E-state index in [9.17, 15) is 0 Å². The van der Waals surface area contributed by atoms with Crippen molar-refractivity contribution in [2.45, 2.75) is 46.1 Å². The molecule has 4 nitrogen and oxygen atoms in total. The summed E-state index contributed by atoms with van der Waals surface area (Å²) in [4.78, 5) is 0. The number of nitrogens with one attached hydrogen (secondary N) is 1. The molecule has 0 unspecified atom stereocenters. The van der Waals surface area contributed by atoms with E-state index in [0.717, 1.165) is 31.3 Å². The molecule has 2 rings (SSSR count). The number of aryl methyl sites for hydroxylation is 1. The Kier molecular flexibility index (Phi) is 5.51. The number of hydrogen-bond donors (Lipinski definition) is 1. The Bertz CT molecular complexity index is 322. The van der Waals surface area contributed by atoms with Gasteiger partial charge in [0.25, 0.3) is 0 Å². The van der Waals surface area contributed by atoms with Gasteiger partial charge >= 0.3 is 0 Å². The summed E-state index contributed by atoms with van der Waals surface area (Å²) in [5.74, 6) is 2.75. The fourth-order valence-electron chi connectivity index (χ4n) is 1.91. The van der Waals surface area contributed by atoms with Crippen LogP contribution in [0.15, 0.2) is 0 Å². The summed E-state index contributed by atoms with van der Waals surface area (Å²) < 4.78 is 2.25. The second kappa shape index (κ2) is 6.42. The van der Waals surface area contributed by atoms with E-state index in [0.29, 0.717) is 5.92 Å². The molecule has 92 valence electrons. The van der Waals surface area contributed by atoms with Crippen LogP contribution in [0.5, 0.6) is 0 Å². The van der Waals surface area contributed by atoms with Crippen molar-refractivity contribution in [1.29, 1.82) is 0 Å². The molecular weight excluding hydrogens is 315 g/mol. The summed E-state index contributed by atoms with van der Waals surface area (Å²) in [6.07, 6.45) is 4.90. The Labute approximate surface area is 114 Å². The van der Waals surface area contributed by atoms with Gasteiger partial charge in [0.15, 0.2) is 0 Å². The third-order valence-corrected chi connectivity index (χ3v) is 2.78. The highest BCUT2D eigenvalue weighted by Gasteiger charge is 2.14. The lowest BCUT2D eigenvalue weighted by molar-refractivity contribution is 0.626. The molecule has 5 heteroatoms. The molecule has 1 aromatic heterocycles. The number of nitrogens with zero attached hydrogens (tertiary/aromatic N) is 3. The minimum atomic E-state index is 0. The number of halogens is 1. The summed E-state index contributed by atoms with van der Waals surface area (Å²) >= 11 is 0. The first-order chi connectivity index (χ1) is 7.27. The van der Waals surface area contributed by atoms with E-state index in [-0.39, 0.29) is 24.0 Å². The lowest BCUT2D eigenvalue weighted by Gasteiger charge is -2.10. The van der Waals surface area contributed by atoms with Gasteiger partial charge < -0.3 is 5.32 Å². The monoisotopic (exact) mass is 336 g/mol. The van der Waals surface area contributed by atoms with Gasteiger partial charge in [-0.05, 0) is 18.8 Å². The van der Waals surface area contributed by atoms with Crippen LogP contribution in [-0.2, 0) is 13.0 Å². The summed E-state index contributed by atoms with van der Waals surface area (Å²) in [6, 6.07) is 0. The highest BCUT2D eigenvalue weighted by atomic mass is 127. The molecule has 0 saturated heterocycles. The van der Waals surface area contributed by atoms with E-state index in [2.05, 4.69) is 33.9 Å². The molecule has 1 aliphatic rings. The van der Waals surface area contributed by atoms with E-state index >= 15 is 0 Å². The average molecular weight is 336 g/mol. The molecule has 0 amide bonds. The van der Waals surface area contributed by atoms with Crippen LogP contribution in [0.3, 0.4) is 0 Å². The van der Waals surface area contributed by atoms with Gasteiger partial charge in [-0.15, -0.1) is 34.2 Å². The molecule has 1 N–H and O–H groups in total. The molecule has 0 aliphatic carbocycles. The molecule has 0 radical (unpaired) electrons. The van der Waals surface area contributed by atoms with Crippen molar-refractivity contribution in [3.05, 3.63) is 5.82 Å². The van der Waals surface area contributed by atoms with Crippen LogP contribution in [0.1, 0.15) is 38.9 Å². The van der Waals surface area contributed by atoms with Crippen molar-refractivity contribution in [3.8, 4) is 0 Å². The van der Waals surface area contributed by atoms with Gasteiger partial charge in [0, 0.05) is 19.5 Å². The van der Waals surface area contributed by atoms with Crippen LogP contribution < -0.4 is 5.32 Å². The zero-order chi connectivity index (χ0) is 10.7. The van der Waals surface area contributed by atoms with Gasteiger partial charge in [-0.3, -0.25) is 4.57 Å². The molecule has 0 bridgehead atoms. The average Bonchev–Trinajstić information content (AvgIpc) is 2.44. The van der Waals surface area contributed by atoms with Crippen molar-refractivity contribution in [2.75, 3.05) is 11.9 Å². The minimum absolute atomic E-state index is 0. The van der Waals surface area contributed by atoms with Crippen molar-refractivity contribution in [1.82, 2.24) is 14.8 Å². The van der Waals surface area contributed by atoms with Gasteiger partial charge in [0.05, 0.1) is 0 Å². The van der Waals surface area contributed by atoms with Crippen LogP contribution >= 0.6 is 24.0 Å². The first-order valence-corrected chi connectivity index (χ1v) is 5.93. The smallest absolute Gasteiger partial charge is 0.224 e. The molecule has 0 spiro atoms. The van der Waals surface area contributed by atoms with E-state index < -0.39 is 0 Å². The number of rotatable bonds is 3. The summed E-state index contributed by atoms with van der Waals surface area (Å²) in [5.41, 5.74) is 0. The standard InChI is InChI=1S/C11H20N4.HI/c1-9(2)8-12-11-14-13-10-6-4-3-5-7-15(10)11;/h9H,3-8H2,1-2H3,(H,12,14);1H. The van der Waals surface area contributed by atoms with Crippen LogP contribution in [0.4, 0.5) is 5.95 Å². The SMILES string of the molecule is CC(C)CNc1nnc2n1CCCCC2.I. The molecule has 1 aromatic rings. The van der Waals surface area contributed by atoms with Crippen molar-refractivity contribution in [2.24, 2.45) is 5.92 Å². The van der Waals surface area contributed by atoms with Crippen LogP contribution in [0.2, 0.25) is 0 Å². The Morgan fingerprint density at radius 3 is 2.81 bits per heavy atom. The molecule has 2 heterocycles. The van der Waals surface area contributed by atoms with Gasteiger partial charge in [-0.1, -0.05) is 20.3 Å². The maximum atomic E-state index is 4.25. The third-order valence-electron chi connectivity index (χ3n) is 2.78. The number of aromatic nitrogens is 3. The predicted molar refractivity (Wildman–Crippen MR) is 76.3 cm³/mol. The van der Waals surface area contributed by atoms with Crippen LogP contribution in [0, 0.1) is 5.92 Å². The molecule has 16 heavy (non-hydrogen) atoms. The maximum Gasteiger partial charge on any atom is 0.224 e. The van der Waals surface area contributed by atoms with E-state index in [1.54, 1.807) is 0 Å². The lowest BCUT2D eigenvalue weighted by Crippen LogP contribution is -2.13. The van der Waals surface area contributed by atoms with Crippen LogP contribution in [-0.4, -0.2) is 21.3 Å². The van der Waals surface area contributed by atoms with Crippen molar-refractivity contribution < 1.29 is 0 Å². The second-order valence-corrected chi connectivity index (χ2v) is 4.68. The zero-order valence-electron chi connectivity index (χ0n) is 10.1. The quantitative estimate of drug-likeness (QED) is 0.863. The Balaban J connectivity index is 0.00000128. The molecule has 0 atom stereocenters. The van der Waals surface area contributed by atoms with Crippen molar-refractivity contribution >= 4 is 29.9 Å². The van der Waals surface area contributed by atoms with Gasteiger partial charge in [-0.25, -0.2) is 0 Å². The largest absolute Gasteiger partial charge is 0.354 e. The number of fused-ring (bicyclic) bond motifs is 1. The fourth-order valence-corrected chi connectivity index (χ4v) is 1.91. The second-order valence-electron chi connectivity index (χ2n) is 4.68. The molecular formula is C11H21IN4. The van der Waals surface area contributed by atoms with Crippen LogP contribution in [0.25, 0.3) is 0 Å². The third kappa shape index (κ3) is 3.33. The molecule has 1 aliphatic heterocycles. The fraction of sp³-hybridized carbons (Fsp3) is 0.818. The Morgan fingerprint density at radius 2 is 2.06 bits per heavy atom. The number of hydrogen-bond acceptors (Lipinski definition) is 3. The Hall–Kier alpha value is -0.330. The van der Waals surface area contributed by atoms with E-state index in [4.69, 9.17) is 0 Å². The van der Waals surface area contributed by atoms with Gasteiger partial charge in [-0.2, -0.15) is 0 Å². The Morgan fingerprint density at radius 1 is 1.25 bits per heavy atom. The molecule has 0 aromatic carbocycles. The summed E-state index contributed by atoms with van der Waals surface area (Å²) in [6.45, 7) is 6.44. The topological polar surface area (TPSA) is 42.7 Å². The first kappa shape index (κ1) is 13.7. The summed E-state index contributed by atoms with van der Waals surface area (Å²) in [7, 11) is 0. The van der Waals surface area contributed by atoms with E-state index in [1.165, 1.54) is 19.3 Å². The molecule has 0 saturated carbocycles.